The van der Waals surface area contributed by atoms with Crippen molar-refractivity contribution in [2.24, 2.45) is 0 Å². The highest BCUT2D eigenvalue weighted by Gasteiger charge is 2.10. The lowest BCUT2D eigenvalue weighted by Crippen LogP contribution is -2.09. The Labute approximate surface area is 204 Å². The van der Waals surface area contributed by atoms with Crippen LogP contribution in [0.3, 0.4) is 0 Å². The fourth-order valence-electron chi connectivity index (χ4n) is 4.06. The van der Waals surface area contributed by atoms with Crippen LogP contribution in [-0.2, 0) is 12.8 Å². The normalized spacial score (nSPS) is 10.9. The topological polar surface area (TPSA) is 52.1 Å². The van der Waals surface area contributed by atoms with Gasteiger partial charge in [-0.3, -0.25) is 0 Å². The van der Waals surface area contributed by atoms with E-state index in [1.54, 1.807) is 24.5 Å². The van der Waals surface area contributed by atoms with E-state index in [2.05, 4.69) is 48.1 Å². The molecule has 0 saturated heterocycles. The number of nitrogens with zero attached hydrogens (tertiary/aromatic N) is 2. The molecule has 180 valence electrons. The molecular weight excluding hydrogens is 420 g/mol. The summed E-state index contributed by atoms with van der Waals surface area (Å²) in [5.74, 6) is 0.574. The Morgan fingerprint density at radius 2 is 1.24 bits per heavy atom. The van der Waals surface area contributed by atoms with Crippen molar-refractivity contribution in [2.75, 3.05) is 0 Å². The van der Waals surface area contributed by atoms with Crippen molar-refractivity contribution in [2.45, 2.75) is 84.5 Å². The first-order chi connectivity index (χ1) is 16.7. The number of aromatic nitrogens is 2. The van der Waals surface area contributed by atoms with Crippen LogP contribution in [0.5, 0.6) is 5.75 Å². The number of aryl methyl sites for hydroxylation is 2. The van der Waals surface area contributed by atoms with Crippen LogP contribution in [0.25, 0.3) is 11.4 Å². The number of carbonyl (C=O) groups excluding carboxylic acids is 1. The Morgan fingerprint density at radius 1 is 0.676 bits per heavy atom. The summed E-state index contributed by atoms with van der Waals surface area (Å²) < 4.78 is 5.44. The van der Waals surface area contributed by atoms with Crippen molar-refractivity contribution in [3.8, 4) is 17.1 Å². The number of benzene rings is 2. The average molecular weight is 459 g/mol. The molecule has 0 N–H and O–H groups in total. The molecule has 2 aromatic carbocycles. The monoisotopic (exact) mass is 458 g/mol. The molecule has 1 aromatic heterocycles. The molecule has 0 saturated carbocycles. The van der Waals surface area contributed by atoms with Gasteiger partial charge in [0.15, 0.2) is 11.6 Å². The second kappa shape index (κ2) is 14.3. The summed E-state index contributed by atoms with van der Waals surface area (Å²) in [6.45, 7) is 4.40. The second-order valence-electron chi connectivity index (χ2n) is 9.00. The molecular formula is C30H38N2O2. The van der Waals surface area contributed by atoms with Crippen molar-refractivity contribution in [3.63, 3.8) is 0 Å². The van der Waals surface area contributed by atoms with Crippen LogP contribution in [0.2, 0.25) is 0 Å². The minimum absolute atomic E-state index is 0.345. The summed E-state index contributed by atoms with van der Waals surface area (Å²) in [4.78, 5) is 21.2. The lowest BCUT2D eigenvalue weighted by Gasteiger charge is -2.07. The maximum Gasteiger partial charge on any atom is 0.343 e. The summed E-state index contributed by atoms with van der Waals surface area (Å²) in [6.07, 6.45) is 17.0. The quantitative estimate of drug-likeness (QED) is 0.181. The minimum atomic E-state index is -0.398. The fourth-order valence-corrected chi connectivity index (χ4v) is 4.06. The number of ether oxygens (including phenoxy) is 1. The molecule has 0 aliphatic rings. The van der Waals surface area contributed by atoms with Crippen LogP contribution >= 0.6 is 0 Å². The molecule has 3 rings (SSSR count). The van der Waals surface area contributed by atoms with Crippen LogP contribution in [0.15, 0.2) is 60.9 Å². The highest BCUT2D eigenvalue weighted by molar-refractivity contribution is 5.91. The largest absolute Gasteiger partial charge is 0.420 e. The summed E-state index contributed by atoms with van der Waals surface area (Å²) in [5, 5.41) is 0. The standard InChI is InChI=1S/C30H38N2O2/c1-3-5-6-7-8-9-10-11-13-25-14-18-26(19-15-25)29-31-22-28(23-32-29)34-30(33)27-20-16-24(12-4-2)17-21-27/h14-23H,3-13H2,1-2H3. The third-order valence-corrected chi connectivity index (χ3v) is 6.10. The van der Waals surface area contributed by atoms with E-state index in [0.717, 1.165) is 24.8 Å². The van der Waals surface area contributed by atoms with E-state index in [-0.39, 0.29) is 0 Å². The van der Waals surface area contributed by atoms with Crippen molar-refractivity contribution in [3.05, 3.63) is 77.6 Å². The predicted octanol–water partition coefficient (Wildman–Crippen LogP) is 8.00. The molecule has 0 bridgehead atoms. The first-order valence-electron chi connectivity index (χ1n) is 12.9. The van der Waals surface area contributed by atoms with Gasteiger partial charge >= 0.3 is 5.97 Å². The van der Waals surface area contributed by atoms with Crippen LogP contribution in [-0.4, -0.2) is 15.9 Å². The van der Waals surface area contributed by atoms with E-state index in [4.69, 9.17) is 4.74 Å². The number of hydrogen-bond acceptors (Lipinski definition) is 4. The zero-order chi connectivity index (χ0) is 24.0. The number of rotatable bonds is 14. The highest BCUT2D eigenvalue weighted by Crippen LogP contribution is 2.19. The molecule has 3 aromatic rings. The van der Waals surface area contributed by atoms with E-state index < -0.39 is 5.97 Å². The van der Waals surface area contributed by atoms with E-state index in [9.17, 15) is 4.79 Å². The van der Waals surface area contributed by atoms with Gasteiger partial charge in [-0.25, -0.2) is 14.8 Å². The fraction of sp³-hybridized carbons (Fsp3) is 0.433. The zero-order valence-corrected chi connectivity index (χ0v) is 20.8. The van der Waals surface area contributed by atoms with Gasteiger partial charge in [0.1, 0.15) is 0 Å². The van der Waals surface area contributed by atoms with Crippen LogP contribution in [0.1, 0.15) is 93.1 Å². The van der Waals surface area contributed by atoms with Crippen LogP contribution < -0.4 is 4.74 Å². The molecule has 0 aliphatic heterocycles. The van der Waals surface area contributed by atoms with E-state index >= 15 is 0 Å². The van der Waals surface area contributed by atoms with Crippen LogP contribution in [0, 0.1) is 0 Å². The minimum Gasteiger partial charge on any atom is -0.420 e. The van der Waals surface area contributed by atoms with Gasteiger partial charge in [-0.2, -0.15) is 0 Å². The maximum absolute atomic E-state index is 12.4. The number of hydrogen-bond donors (Lipinski definition) is 0. The molecule has 0 amide bonds. The van der Waals surface area contributed by atoms with Crippen molar-refractivity contribution >= 4 is 5.97 Å². The molecule has 4 heteroatoms. The molecule has 0 atom stereocenters. The first-order valence-corrected chi connectivity index (χ1v) is 12.9. The van der Waals surface area contributed by atoms with Crippen LogP contribution in [0.4, 0.5) is 0 Å². The van der Waals surface area contributed by atoms with E-state index in [1.807, 2.05) is 12.1 Å². The number of esters is 1. The molecule has 0 unspecified atom stereocenters. The molecule has 0 spiro atoms. The van der Waals surface area contributed by atoms with Gasteiger partial charge in [0, 0.05) is 5.56 Å². The third kappa shape index (κ3) is 8.40. The molecule has 0 radical (unpaired) electrons. The summed E-state index contributed by atoms with van der Waals surface area (Å²) in [7, 11) is 0. The third-order valence-electron chi connectivity index (χ3n) is 6.10. The van der Waals surface area contributed by atoms with E-state index in [1.165, 1.54) is 62.5 Å². The average Bonchev–Trinajstić information content (AvgIpc) is 2.87. The lowest BCUT2D eigenvalue weighted by atomic mass is 10.0. The van der Waals surface area contributed by atoms with Gasteiger partial charge in [-0.05, 0) is 42.5 Å². The van der Waals surface area contributed by atoms with Gasteiger partial charge in [0.25, 0.3) is 0 Å². The van der Waals surface area contributed by atoms with Gasteiger partial charge in [-0.1, -0.05) is 102 Å². The Hall–Kier alpha value is -3.01. The molecule has 0 aliphatic carbocycles. The second-order valence-corrected chi connectivity index (χ2v) is 9.00. The van der Waals surface area contributed by atoms with Gasteiger partial charge in [0.2, 0.25) is 0 Å². The zero-order valence-electron chi connectivity index (χ0n) is 20.8. The summed E-state index contributed by atoms with van der Waals surface area (Å²) in [6, 6.07) is 16.0. The highest BCUT2D eigenvalue weighted by atomic mass is 16.5. The van der Waals surface area contributed by atoms with Crippen molar-refractivity contribution in [1.29, 1.82) is 0 Å². The van der Waals surface area contributed by atoms with Crippen molar-refractivity contribution in [1.82, 2.24) is 9.97 Å². The number of unbranched alkanes of at least 4 members (excludes halogenated alkanes) is 7. The molecule has 34 heavy (non-hydrogen) atoms. The van der Waals surface area contributed by atoms with Gasteiger partial charge < -0.3 is 4.74 Å². The number of carbonyl (C=O) groups is 1. The Bertz CT molecular complexity index is 980. The SMILES string of the molecule is CCCCCCCCCCc1ccc(-c2ncc(OC(=O)c3ccc(CCC)cc3)cn2)cc1. The smallest absolute Gasteiger partial charge is 0.343 e. The Balaban J connectivity index is 1.44. The Kier molecular flexibility index (Phi) is 10.8. The molecule has 4 nitrogen and oxygen atoms in total. The van der Waals surface area contributed by atoms with Crippen molar-refractivity contribution < 1.29 is 9.53 Å². The Morgan fingerprint density at radius 3 is 1.85 bits per heavy atom. The summed E-state index contributed by atoms with van der Waals surface area (Å²) in [5.41, 5.74) is 4.06. The predicted molar refractivity (Wildman–Crippen MR) is 139 cm³/mol. The molecule has 1 heterocycles. The first kappa shape index (κ1) is 25.6. The summed E-state index contributed by atoms with van der Waals surface area (Å²) >= 11 is 0. The van der Waals surface area contributed by atoms with E-state index in [0.29, 0.717) is 17.1 Å². The van der Waals surface area contributed by atoms with Gasteiger partial charge in [-0.15, -0.1) is 0 Å². The lowest BCUT2D eigenvalue weighted by molar-refractivity contribution is 0.0733. The maximum atomic E-state index is 12.4. The molecule has 0 fully saturated rings. The van der Waals surface area contributed by atoms with Gasteiger partial charge in [0.05, 0.1) is 18.0 Å².